The average molecular weight is 296 g/mol. The topological polar surface area (TPSA) is 96.9 Å². The first-order chi connectivity index (χ1) is 9.97. The standard InChI is InChI=1S/C14H20N2O5/c1-9-4-5-10(6-12(9)13(17)18)16-14(19)15-7-11(21-3)8-20-2/h4-6,11H,7-8H2,1-3H3,(H,17,18)(H2,15,16,19). The monoisotopic (exact) mass is 296 g/mol. The number of carboxylic acids is 1. The Morgan fingerprint density at radius 1 is 1.33 bits per heavy atom. The summed E-state index contributed by atoms with van der Waals surface area (Å²) >= 11 is 0. The van der Waals surface area contributed by atoms with Gasteiger partial charge in [-0.3, -0.25) is 0 Å². The Morgan fingerprint density at radius 2 is 2.05 bits per heavy atom. The summed E-state index contributed by atoms with van der Waals surface area (Å²) < 4.78 is 10.1. The SMILES string of the molecule is COCC(CNC(=O)Nc1ccc(C)c(C(=O)O)c1)OC. The number of amides is 2. The Bertz CT molecular complexity index is 504. The van der Waals surface area contributed by atoms with Crippen LogP contribution in [0.4, 0.5) is 10.5 Å². The van der Waals surface area contributed by atoms with Crippen LogP contribution < -0.4 is 10.6 Å². The molecule has 0 spiro atoms. The van der Waals surface area contributed by atoms with E-state index in [1.807, 2.05) is 0 Å². The van der Waals surface area contributed by atoms with E-state index in [2.05, 4.69) is 10.6 Å². The van der Waals surface area contributed by atoms with E-state index in [1.54, 1.807) is 26.2 Å². The molecule has 0 radical (unpaired) electrons. The van der Waals surface area contributed by atoms with Gasteiger partial charge in [0.15, 0.2) is 0 Å². The smallest absolute Gasteiger partial charge is 0.336 e. The lowest BCUT2D eigenvalue weighted by Crippen LogP contribution is -2.38. The van der Waals surface area contributed by atoms with E-state index in [1.165, 1.54) is 13.2 Å². The van der Waals surface area contributed by atoms with E-state index in [9.17, 15) is 9.59 Å². The molecule has 0 aromatic heterocycles. The number of benzene rings is 1. The number of ether oxygens (including phenoxy) is 2. The largest absolute Gasteiger partial charge is 0.478 e. The number of hydrogen-bond acceptors (Lipinski definition) is 4. The van der Waals surface area contributed by atoms with Crippen LogP contribution in [0.15, 0.2) is 18.2 Å². The quantitative estimate of drug-likeness (QED) is 0.708. The lowest BCUT2D eigenvalue weighted by atomic mass is 10.1. The summed E-state index contributed by atoms with van der Waals surface area (Å²) in [5, 5.41) is 14.2. The fourth-order valence-corrected chi connectivity index (χ4v) is 1.71. The minimum Gasteiger partial charge on any atom is -0.478 e. The molecule has 1 rings (SSSR count). The van der Waals surface area contributed by atoms with Gasteiger partial charge in [-0.2, -0.15) is 0 Å². The number of urea groups is 1. The molecule has 0 heterocycles. The highest BCUT2D eigenvalue weighted by Gasteiger charge is 2.11. The Kier molecular flexibility index (Phi) is 6.64. The summed E-state index contributed by atoms with van der Waals surface area (Å²) in [5.41, 5.74) is 1.20. The van der Waals surface area contributed by atoms with Crippen LogP contribution in [0.2, 0.25) is 0 Å². The minimum atomic E-state index is -1.03. The van der Waals surface area contributed by atoms with Gasteiger partial charge in [0.1, 0.15) is 0 Å². The third-order valence-electron chi connectivity index (χ3n) is 2.90. The van der Waals surface area contributed by atoms with Gasteiger partial charge < -0.3 is 25.2 Å². The molecule has 7 heteroatoms. The van der Waals surface area contributed by atoms with E-state index < -0.39 is 12.0 Å². The van der Waals surface area contributed by atoms with Crippen molar-refractivity contribution < 1.29 is 24.2 Å². The number of carboxylic acid groups (broad SMARTS) is 1. The highest BCUT2D eigenvalue weighted by atomic mass is 16.5. The molecule has 1 aromatic rings. The number of aromatic carboxylic acids is 1. The van der Waals surface area contributed by atoms with Crippen molar-refractivity contribution in [1.82, 2.24) is 5.32 Å². The van der Waals surface area contributed by atoms with Crippen molar-refractivity contribution in [3.8, 4) is 0 Å². The molecule has 3 N–H and O–H groups in total. The molecule has 1 aromatic carbocycles. The summed E-state index contributed by atoms with van der Waals surface area (Å²) in [6, 6.07) is 4.26. The van der Waals surface area contributed by atoms with Crippen molar-refractivity contribution >= 4 is 17.7 Å². The molecule has 0 bridgehead atoms. The predicted octanol–water partition coefficient (Wildman–Crippen LogP) is 1.48. The highest BCUT2D eigenvalue weighted by Crippen LogP contribution is 2.15. The second-order valence-electron chi connectivity index (χ2n) is 4.48. The Labute approximate surface area is 123 Å². The van der Waals surface area contributed by atoms with Crippen LogP contribution in [-0.4, -0.2) is 50.6 Å². The molecule has 0 aliphatic carbocycles. The molecule has 0 aliphatic heterocycles. The van der Waals surface area contributed by atoms with Gasteiger partial charge in [-0.25, -0.2) is 9.59 Å². The fraction of sp³-hybridized carbons (Fsp3) is 0.429. The van der Waals surface area contributed by atoms with Crippen LogP contribution in [0.5, 0.6) is 0 Å². The number of carbonyl (C=O) groups is 2. The predicted molar refractivity (Wildman–Crippen MR) is 77.8 cm³/mol. The third-order valence-corrected chi connectivity index (χ3v) is 2.90. The average Bonchev–Trinajstić information content (AvgIpc) is 2.45. The molecular weight excluding hydrogens is 276 g/mol. The maximum Gasteiger partial charge on any atom is 0.336 e. The molecule has 0 fully saturated rings. The Morgan fingerprint density at radius 3 is 2.62 bits per heavy atom. The Balaban J connectivity index is 2.59. The van der Waals surface area contributed by atoms with Crippen LogP contribution in [0.25, 0.3) is 0 Å². The van der Waals surface area contributed by atoms with Gasteiger partial charge in [0.05, 0.1) is 18.3 Å². The zero-order valence-corrected chi connectivity index (χ0v) is 12.3. The maximum atomic E-state index is 11.7. The van der Waals surface area contributed by atoms with Crippen LogP contribution in [0.3, 0.4) is 0 Å². The van der Waals surface area contributed by atoms with Crippen LogP contribution in [-0.2, 0) is 9.47 Å². The molecule has 21 heavy (non-hydrogen) atoms. The number of methoxy groups -OCH3 is 2. The lowest BCUT2D eigenvalue weighted by molar-refractivity contribution is 0.0307. The van der Waals surface area contributed by atoms with E-state index in [0.29, 0.717) is 17.9 Å². The van der Waals surface area contributed by atoms with Crippen molar-refractivity contribution in [1.29, 1.82) is 0 Å². The van der Waals surface area contributed by atoms with E-state index in [-0.39, 0.29) is 18.2 Å². The number of anilines is 1. The van der Waals surface area contributed by atoms with Crippen molar-refractivity contribution in [2.24, 2.45) is 0 Å². The molecule has 2 amide bonds. The first kappa shape index (κ1) is 16.9. The first-order valence-corrected chi connectivity index (χ1v) is 6.38. The minimum absolute atomic E-state index is 0.155. The summed E-state index contributed by atoms with van der Waals surface area (Å²) in [7, 11) is 3.08. The zero-order chi connectivity index (χ0) is 15.8. The normalized spacial score (nSPS) is 11.8. The molecule has 1 unspecified atom stereocenters. The molecule has 1 atom stereocenters. The van der Waals surface area contributed by atoms with Crippen LogP contribution >= 0.6 is 0 Å². The maximum absolute atomic E-state index is 11.7. The number of carbonyl (C=O) groups excluding carboxylic acids is 1. The first-order valence-electron chi connectivity index (χ1n) is 6.38. The van der Waals surface area contributed by atoms with Gasteiger partial charge >= 0.3 is 12.0 Å². The van der Waals surface area contributed by atoms with E-state index in [0.717, 1.165) is 0 Å². The van der Waals surface area contributed by atoms with Gasteiger partial charge in [0.25, 0.3) is 0 Å². The number of hydrogen-bond donors (Lipinski definition) is 3. The zero-order valence-electron chi connectivity index (χ0n) is 12.3. The fourth-order valence-electron chi connectivity index (χ4n) is 1.71. The van der Waals surface area contributed by atoms with Gasteiger partial charge in [-0.15, -0.1) is 0 Å². The van der Waals surface area contributed by atoms with Crippen molar-refractivity contribution in [2.45, 2.75) is 13.0 Å². The summed E-state index contributed by atoms with van der Waals surface area (Å²) in [4.78, 5) is 22.8. The van der Waals surface area contributed by atoms with Gasteiger partial charge in [-0.05, 0) is 24.6 Å². The summed E-state index contributed by atoms with van der Waals surface area (Å²) in [5.74, 6) is -1.03. The van der Waals surface area contributed by atoms with Crippen LogP contribution in [0.1, 0.15) is 15.9 Å². The van der Waals surface area contributed by atoms with Crippen LogP contribution in [0, 0.1) is 6.92 Å². The molecule has 0 saturated carbocycles. The number of rotatable bonds is 7. The van der Waals surface area contributed by atoms with Crippen molar-refractivity contribution in [3.63, 3.8) is 0 Å². The van der Waals surface area contributed by atoms with Gasteiger partial charge in [-0.1, -0.05) is 6.07 Å². The second kappa shape index (κ2) is 8.23. The third kappa shape index (κ3) is 5.41. The number of nitrogens with one attached hydrogen (secondary N) is 2. The Hall–Kier alpha value is -2.12. The molecule has 0 saturated heterocycles. The summed E-state index contributed by atoms with van der Waals surface area (Å²) in [6.07, 6.45) is -0.242. The lowest BCUT2D eigenvalue weighted by Gasteiger charge is -2.15. The van der Waals surface area contributed by atoms with Crippen molar-refractivity contribution in [3.05, 3.63) is 29.3 Å². The molecular formula is C14H20N2O5. The van der Waals surface area contributed by atoms with E-state index >= 15 is 0 Å². The molecule has 116 valence electrons. The highest BCUT2D eigenvalue weighted by molar-refractivity contribution is 5.94. The molecule has 0 aliphatic rings. The van der Waals surface area contributed by atoms with Crippen molar-refractivity contribution in [2.75, 3.05) is 32.7 Å². The van der Waals surface area contributed by atoms with Gasteiger partial charge in [0, 0.05) is 26.5 Å². The molecule has 7 nitrogen and oxygen atoms in total. The van der Waals surface area contributed by atoms with E-state index in [4.69, 9.17) is 14.6 Å². The second-order valence-corrected chi connectivity index (χ2v) is 4.48. The number of aryl methyl sites for hydroxylation is 1. The van der Waals surface area contributed by atoms with Gasteiger partial charge in [0.2, 0.25) is 0 Å². The summed E-state index contributed by atoms with van der Waals surface area (Å²) in [6.45, 7) is 2.35.